The summed E-state index contributed by atoms with van der Waals surface area (Å²) < 4.78 is 11.2. The minimum Gasteiger partial charge on any atom is -0.464 e. The van der Waals surface area contributed by atoms with E-state index in [2.05, 4.69) is 5.32 Å². The van der Waals surface area contributed by atoms with E-state index in [1.807, 2.05) is 25.1 Å². The number of nitrogens with one attached hydrogen (secondary N) is 1. The highest BCUT2D eigenvalue weighted by molar-refractivity contribution is 6.09. The molecule has 1 atom stereocenters. The van der Waals surface area contributed by atoms with Gasteiger partial charge in [-0.2, -0.15) is 0 Å². The molecule has 1 saturated heterocycles. The molecule has 0 radical (unpaired) electrons. The average Bonchev–Trinajstić information content (AvgIpc) is 3.00. The van der Waals surface area contributed by atoms with E-state index in [1.54, 1.807) is 6.26 Å². The summed E-state index contributed by atoms with van der Waals surface area (Å²) in [6, 6.07) is 5.65. The van der Waals surface area contributed by atoms with E-state index in [9.17, 15) is 9.59 Å². The molecule has 0 spiro atoms. The predicted octanol–water partition coefficient (Wildman–Crippen LogP) is 3.01. The van der Waals surface area contributed by atoms with E-state index in [1.165, 1.54) is 0 Å². The monoisotopic (exact) mass is 283 g/mol. The van der Waals surface area contributed by atoms with Crippen molar-refractivity contribution in [2.75, 3.05) is 0 Å². The summed E-state index contributed by atoms with van der Waals surface area (Å²) in [5, 5.41) is 4.24. The molecular formula is C16H13NO4. The van der Waals surface area contributed by atoms with Crippen LogP contribution >= 0.6 is 0 Å². The molecule has 5 nitrogen and oxygen atoms in total. The van der Waals surface area contributed by atoms with Gasteiger partial charge in [-0.05, 0) is 31.5 Å². The van der Waals surface area contributed by atoms with Crippen molar-refractivity contribution in [3.8, 4) is 0 Å². The summed E-state index contributed by atoms with van der Waals surface area (Å²) in [5.41, 5.74) is 2.32. The van der Waals surface area contributed by atoms with Crippen LogP contribution in [-0.4, -0.2) is 11.8 Å². The molecule has 2 aromatic heterocycles. The number of hydrogen-bond acceptors (Lipinski definition) is 4. The van der Waals surface area contributed by atoms with E-state index >= 15 is 0 Å². The lowest BCUT2D eigenvalue weighted by Gasteiger charge is -2.19. The Morgan fingerprint density at radius 2 is 2.05 bits per heavy atom. The van der Waals surface area contributed by atoms with Crippen LogP contribution in [0.25, 0.3) is 21.9 Å². The van der Waals surface area contributed by atoms with Crippen LogP contribution < -0.4 is 5.32 Å². The summed E-state index contributed by atoms with van der Waals surface area (Å²) >= 11 is 0. The minimum atomic E-state index is -0.357. The number of benzene rings is 1. The van der Waals surface area contributed by atoms with Gasteiger partial charge in [0.1, 0.15) is 16.9 Å². The number of imide groups is 1. The maximum absolute atomic E-state index is 12.1. The van der Waals surface area contributed by atoms with Gasteiger partial charge >= 0.3 is 0 Å². The number of amides is 2. The first-order chi connectivity index (χ1) is 10.1. The highest BCUT2D eigenvalue weighted by atomic mass is 16.3. The smallest absolute Gasteiger partial charge is 0.234 e. The zero-order valence-electron chi connectivity index (χ0n) is 11.4. The molecule has 0 bridgehead atoms. The Kier molecular flexibility index (Phi) is 2.45. The van der Waals surface area contributed by atoms with Crippen LogP contribution in [0.1, 0.15) is 30.1 Å². The number of hydrogen-bond donors (Lipinski definition) is 1. The van der Waals surface area contributed by atoms with E-state index in [0.29, 0.717) is 12.8 Å². The first-order valence-corrected chi connectivity index (χ1v) is 6.87. The van der Waals surface area contributed by atoms with E-state index in [0.717, 1.165) is 33.3 Å². The van der Waals surface area contributed by atoms with Crippen molar-refractivity contribution in [1.29, 1.82) is 0 Å². The number of piperidine rings is 1. The normalized spacial score (nSPS) is 19.4. The van der Waals surface area contributed by atoms with Crippen LogP contribution in [0.3, 0.4) is 0 Å². The first kappa shape index (κ1) is 12.2. The fourth-order valence-corrected chi connectivity index (χ4v) is 3.05. The molecule has 0 aliphatic carbocycles. The molecule has 1 fully saturated rings. The van der Waals surface area contributed by atoms with Crippen molar-refractivity contribution in [3.63, 3.8) is 0 Å². The first-order valence-electron chi connectivity index (χ1n) is 6.87. The Balaban J connectivity index is 1.94. The van der Waals surface area contributed by atoms with Crippen molar-refractivity contribution >= 4 is 33.8 Å². The number of aryl methyl sites for hydroxylation is 1. The minimum absolute atomic E-state index is 0.214. The molecule has 1 aromatic carbocycles. The standard InChI is InChI=1S/C16H13NO4/c1-8-6-10-12(21-8)3-4-13-15(10)11(7-20-13)9-2-5-14(18)17-16(9)19/h3-4,6-7,9H,2,5H2,1H3,(H,17,18,19). The van der Waals surface area contributed by atoms with Crippen molar-refractivity contribution in [2.45, 2.75) is 25.7 Å². The lowest BCUT2D eigenvalue weighted by molar-refractivity contribution is -0.134. The molecule has 2 amide bonds. The summed E-state index contributed by atoms with van der Waals surface area (Å²) in [5.74, 6) is -0.0165. The van der Waals surface area contributed by atoms with Crippen molar-refractivity contribution in [2.24, 2.45) is 0 Å². The molecule has 4 rings (SSSR count). The fraction of sp³-hybridized carbons (Fsp3) is 0.250. The topological polar surface area (TPSA) is 72.5 Å². The molecule has 106 valence electrons. The van der Waals surface area contributed by atoms with Crippen molar-refractivity contribution in [1.82, 2.24) is 5.32 Å². The number of carbonyl (C=O) groups excluding carboxylic acids is 2. The predicted molar refractivity (Wildman–Crippen MR) is 75.8 cm³/mol. The lowest BCUT2D eigenvalue weighted by Crippen LogP contribution is -2.39. The molecule has 1 N–H and O–H groups in total. The lowest BCUT2D eigenvalue weighted by atomic mass is 9.89. The van der Waals surface area contributed by atoms with Gasteiger partial charge in [-0.25, -0.2) is 0 Å². The van der Waals surface area contributed by atoms with Gasteiger partial charge in [0.25, 0.3) is 0 Å². The van der Waals surface area contributed by atoms with E-state index in [-0.39, 0.29) is 17.7 Å². The second-order valence-corrected chi connectivity index (χ2v) is 5.40. The van der Waals surface area contributed by atoms with Crippen molar-refractivity contribution in [3.05, 3.63) is 35.8 Å². The number of furan rings is 2. The van der Waals surface area contributed by atoms with Crippen LogP contribution in [0, 0.1) is 6.92 Å². The zero-order valence-corrected chi connectivity index (χ0v) is 11.4. The van der Waals surface area contributed by atoms with Crippen LogP contribution in [0.4, 0.5) is 0 Å². The van der Waals surface area contributed by atoms with Gasteiger partial charge in [-0.1, -0.05) is 0 Å². The fourth-order valence-electron chi connectivity index (χ4n) is 3.05. The molecule has 0 saturated carbocycles. The van der Waals surface area contributed by atoms with Crippen LogP contribution in [-0.2, 0) is 9.59 Å². The molecule has 21 heavy (non-hydrogen) atoms. The number of carbonyl (C=O) groups is 2. The SMILES string of the molecule is Cc1cc2c(ccc3occ(C4CCC(=O)NC4=O)c32)o1. The Morgan fingerprint density at radius 1 is 1.24 bits per heavy atom. The third kappa shape index (κ3) is 1.77. The molecule has 3 heterocycles. The van der Waals surface area contributed by atoms with Gasteiger partial charge in [0.15, 0.2) is 0 Å². The molecule has 1 aliphatic heterocycles. The molecular weight excluding hydrogens is 270 g/mol. The second kappa shape index (κ2) is 4.22. The van der Waals surface area contributed by atoms with Gasteiger partial charge in [0.2, 0.25) is 11.8 Å². The van der Waals surface area contributed by atoms with Crippen LogP contribution in [0.2, 0.25) is 0 Å². The van der Waals surface area contributed by atoms with Crippen molar-refractivity contribution < 1.29 is 18.4 Å². The van der Waals surface area contributed by atoms with Crippen LogP contribution in [0.15, 0.2) is 33.3 Å². The Morgan fingerprint density at radius 3 is 2.86 bits per heavy atom. The van der Waals surface area contributed by atoms with E-state index in [4.69, 9.17) is 8.83 Å². The molecule has 1 unspecified atom stereocenters. The largest absolute Gasteiger partial charge is 0.464 e. The number of fused-ring (bicyclic) bond motifs is 3. The Hall–Kier alpha value is -2.56. The Bertz CT molecular complexity index is 886. The van der Waals surface area contributed by atoms with Crippen LogP contribution in [0.5, 0.6) is 0 Å². The quantitative estimate of drug-likeness (QED) is 0.697. The van der Waals surface area contributed by atoms with Gasteiger partial charge in [0, 0.05) is 22.8 Å². The van der Waals surface area contributed by atoms with Gasteiger partial charge in [-0.3, -0.25) is 14.9 Å². The van der Waals surface area contributed by atoms with Gasteiger partial charge < -0.3 is 8.83 Å². The maximum atomic E-state index is 12.1. The molecule has 3 aromatic rings. The number of rotatable bonds is 1. The highest BCUT2D eigenvalue weighted by Gasteiger charge is 2.31. The summed E-state index contributed by atoms with van der Waals surface area (Å²) in [4.78, 5) is 23.4. The molecule has 1 aliphatic rings. The van der Waals surface area contributed by atoms with E-state index < -0.39 is 0 Å². The average molecular weight is 283 g/mol. The van der Waals surface area contributed by atoms with Gasteiger partial charge in [0.05, 0.1) is 12.2 Å². The highest BCUT2D eigenvalue weighted by Crippen LogP contribution is 2.37. The molecule has 5 heteroatoms. The summed E-state index contributed by atoms with van der Waals surface area (Å²) in [6.07, 6.45) is 2.47. The summed E-state index contributed by atoms with van der Waals surface area (Å²) in [6.45, 7) is 1.89. The zero-order chi connectivity index (χ0) is 14.6. The summed E-state index contributed by atoms with van der Waals surface area (Å²) in [7, 11) is 0. The third-order valence-electron chi connectivity index (χ3n) is 4.00. The maximum Gasteiger partial charge on any atom is 0.234 e. The van der Waals surface area contributed by atoms with Gasteiger partial charge in [-0.15, -0.1) is 0 Å². The Labute approximate surface area is 119 Å². The second-order valence-electron chi connectivity index (χ2n) is 5.40. The third-order valence-corrected chi connectivity index (χ3v) is 4.00.